The van der Waals surface area contributed by atoms with Gasteiger partial charge in [0.1, 0.15) is 5.75 Å². The van der Waals surface area contributed by atoms with E-state index in [1.54, 1.807) is 12.1 Å². The second-order valence-corrected chi connectivity index (χ2v) is 4.04. The molecule has 2 N–H and O–H groups in total. The fraction of sp³-hybridized carbons (Fsp3) is 0.143. The quantitative estimate of drug-likeness (QED) is 0.621. The summed E-state index contributed by atoms with van der Waals surface area (Å²) in [6, 6.07) is 15.0. The van der Waals surface area contributed by atoms with E-state index < -0.39 is 7.12 Å². The SMILES string of the molecule is COCOc1cc(-c2ccccc2)ccc1B(O)O. The second kappa shape index (κ2) is 6.38. The van der Waals surface area contributed by atoms with Gasteiger partial charge in [0, 0.05) is 12.6 Å². The van der Waals surface area contributed by atoms with E-state index in [0.717, 1.165) is 11.1 Å². The highest BCUT2D eigenvalue weighted by molar-refractivity contribution is 6.59. The van der Waals surface area contributed by atoms with Crippen LogP contribution >= 0.6 is 0 Å². The van der Waals surface area contributed by atoms with E-state index in [4.69, 9.17) is 9.47 Å². The summed E-state index contributed by atoms with van der Waals surface area (Å²) in [5.74, 6) is 0.401. The van der Waals surface area contributed by atoms with Crippen molar-refractivity contribution in [1.29, 1.82) is 0 Å². The first-order chi connectivity index (χ1) is 9.22. The molecule has 0 aromatic heterocycles. The van der Waals surface area contributed by atoms with Crippen LogP contribution in [0.3, 0.4) is 0 Å². The molecule has 0 saturated heterocycles. The zero-order valence-corrected chi connectivity index (χ0v) is 10.6. The lowest BCUT2D eigenvalue weighted by Crippen LogP contribution is -2.31. The Morgan fingerprint density at radius 3 is 2.37 bits per heavy atom. The fourth-order valence-electron chi connectivity index (χ4n) is 1.81. The predicted molar refractivity (Wildman–Crippen MR) is 74.2 cm³/mol. The lowest BCUT2D eigenvalue weighted by Gasteiger charge is -2.12. The number of hydrogen-bond donors (Lipinski definition) is 2. The van der Waals surface area contributed by atoms with Crippen molar-refractivity contribution in [2.75, 3.05) is 13.9 Å². The molecule has 2 rings (SSSR count). The average molecular weight is 258 g/mol. The van der Waals surface area contributed by atoms with Crippen molar-refractivity contribution in [2.24, 2.45) is 0 Å². The Hall–Kier alpha value is -1.82. The van der Waals surface area contributed by atoms with Gasteiger partial charge in [-0.2, -0.15) is 0 Å². The van der Waals surface area contributed by atoms with Crippen LogP contribution in [-0.2, 0) is 4.74 Å². The molecule has 19 heavy (non-hydrogen) atoms. The molecule has 2 aromatic carbocycles. The highest BCUT2D eigenvalue weighted by Crippen LogP contribution is 2.22. The van der Waals surface area contributed by atoms with Crippen LogP contribution in [0.4, 0.5) is 0 Å². The summed E-state index contributed by atoms with van der Waals surface area (Å²) in [6.45, 7) is 0.0535. The zero-order chi connectivity index (χ0) is 13.7. The zero-order valence-electron chi connectivity index (χ0n) is 10.6. The maximum atomic E-state index is 9.30. The van der Waals surface area contributed by atoms with Crippen molar-refractivity contribution in [3.63, 3.8) is 0 Å². The molecule has 0 aliphatic heterocycles. The molecular weight excluding hydrogens is 243 g/mol. The van der Waals surface area contributed by atoms with Gasteiger partial charge in [-0.3, -0.25) is 0 Å². The molecule has 5 heteroatoms. The van der Waals surface area contributed by atoms with E-state index >= 15 is 0 Å². The molecule has 0 spiro atoms. The van der Waals surface area contributed by atoms with Gasteiger partial charge >= 0.3 is 7.12 Å². The van der Waals surface area contributed by atoms with Crippen LogP contribution in [-0.4, -0.2) is 31.1 Å². The molecule has 0 bridgehead atoms. The smallest absolute Gasteiger partial charge is 0.468 e. The second-order valence-electron chi connectivity index (χ2n) is 4.04. The van der Waals surface area contributed by atoms with Gasteiger partial charge < -0.3 is 19.5 Å². The minimum Gasteiger partial charge on any atom is -0.468 e. The van der Waals surface area contributed by atoms with Crippen LogP contribution in [0, 0.1) is 0 Å². The van der Waals surface area contributed by atoms with Crippen LogP contribution in [0.2, 0.25) is 0 Å². The third-order valence-electron chi connectivity index (χ3n) is 2.73. The minimum absolute atomic E-state index is 0.0535. The van der Waals surface area contributed by atoms with Gasteiger partial charge in [0.25, 0.3) is 0 Å². The topological polar surface area (TPSA) is 58.9 Å². The summed E-state index contributed by atoms with van der Waals surface area (Å²) in [5, 5.41) is 18.6. The largest absolute Gasteiger partial charge is 0.492 e. The summed E-state index contributed by atoms with van der Waals surface area (Å²) in [6.07, 6.45) is 0. The van der Waals surface area contributed by atoms with Gasteiger partial charge in [-0.25, -0.2) is 0 Å². The molecule has 2 aromatic rings. The normalized spacial score (nSPS) is 10.3. The van der Waals surface area contributed by atoms with E-state index in [0.29, 0.717) is 11.2 Å². The van der Waals surface area contributed by atoms with Gasteiger partial charge in [0.2, 0.25) is 0 Å². The number of hydrogen-bond acceptors (Lipinski definition) is 4. The minimum atomic E-state index is -1.57. The van der Waals surface area contributed by atoms with Crippen LogP contribution in [0.25, 0.3) is 11.1 Å². The molecular formula is C14H15BO4. The van der Waals surface area contributed by atoms with Crippen molar-refractivity contribution >= 4 is 12.6 Å². The van der Waals surface area contributed by atoms with E-state index in [9.17, 15) is 10.0 Å². The number of ether oxygens (including phenoxy) is 2. The lowest BCUT2D eigenvalue weighted by molar-refractivity contribution is 0.0517. The maximum Gasteiger partial charge on any atom is 0.492 e. The van der Waals surface area contributed by atoms with Gasteiger partial charge in [-0.1, -0.05) is 42.5 Å². The first kappa shape index (κ1) is 13.6. The van der Waals surface area contributed by atoms with Crippen molar-refractivity contribution in [3.05, 3.63) is 48.5 Å². The molecule has 0 aliphatic carbocycles. The van der Waals surface area contributed by atoms with Gasteiger partial charge in [-0.05, 0) is 17.2 Å². The Kier molecular flexibility index (Phi) is 4.57. The average Bonchev–Trinajstić information content (AvgIpc) is 2.45. The summed E-state index contributed by atoms with van der Waals surface area (Å²) in [5.41, 5.74) is 2.29. The Morgan fingerprint density at radius 2 is 1.74 bits per heavy atom. The molecule has 0 fully saturated rings. The molecule has 0 saturated carbocycles. The summed E-state index contributed by atoms with van der Waals surface area (Å²) >= 11 is 0. The molecule has 4 nitrogen and oxygen atoms in total. The number of methoxy groups -OCH3 is 1. The van der Waals surface area contributed by atoms with Crippen molar-refractivity contribution in [3.8, 4) is 16.9 Å². The maximum absolute atomic E-state index is 9.30. The van der Waals surface area contributed by atoms with E-state index in [2.05, 4.69) is 0 Å². The van der Waals surface area contributed by atoms with E-state index in [1.807, 2.05) is 36.4 Å². The lowest BCUT2D eigenvalue weighted by atomic mass is 9.79. The predicted octanol–water partition coefficient (Wildman–Crippen LogP) is 1.02. The molecule has 0 unspecified atom stereocenters. The van der Waals surface area contributed by atoms with Crippen molar-refractivity contribution in [1.82, 2.24) is 0 Å². The third-order valence-corrected chi connectivity index (χ3v) is 2.73. The highest BCUT2D eigenvalue weighted by atomic mass is 16.7. The molecule has 0 amide bonds. The van der Waals surface area contributed by atoms with Crippen molar-refractivity contribution in [2.45, 2.75) is 0 Å². The van der Waals surface area contributed by atoms with Crippen LogP contribution in [0.1, 0.15) is 0 Å². The van der Waals surface area contributed by atoms with Gasteiger partial charge in [0.05, 0.1) is 0 Å². The van der Waals surface area contributed by atoms with Gasteiger partial charge in [0.15, 0.2) is 6.79 Å². The van der Waals surface area contributed by atoms with Crippen LogP contribution in [0.5, 0.6) is 5.75 Å². The third kappa shape index (κ3) is 3.35. The molecule has 0 aliphatic rings. The van der Waals surface area contributed by atoms with E-state index in [-0.39, 0.29) is 6.79 Å². The van der Waals surface area contributed by atoms with Crippen molar-refractivity contribution < 1.29 is 19.5 Å². The van der Waals surface area contributed by atoms with Gasteiger partial charge in [-0.15, -0.1) is 0 Å². The molecule has 0 atom stereocenters. The monoisotopic (exact) mass is 258 g/mol. The fourth-order valence-corrected chi connectivity index (χ4v) is 1.81. The van der Waals surface area contributed by atoms with Crippen LogP contribution < -0.4 is 10.2 Å². The summed E-state index contributed by atoms with van der Waals surface area (Å²) < 4.78 is 10.2. The Bertz CT molecular complexity index is 528. The summed E-state index contributed by atoms with van der Waals surface area (Å²) in [4.78, 5) is 0. The molecule has 0 heterocycles. The molecule has 0 radical (unpaired) electrons. The summed E-state index contributed by atoms with van der Waals surface area (Å²) in [7, 11) is -0.0625. The Morgan fingerprint density at radius 1 is 1.00 bits per heavy atom. The first-order valence-corrected chi connectivity index (χ1v) is 5.89. The van der Waals surface area contributed by atoms with E-state index in [1.165, 1.54) is 7.11 Å². The molecule has 98 valence electrons. The number of rotatable bonds is 5. The number of benzene rings is 2. The highest BCUT2D eigenvalue weighted by Gasteiger charge is 2.17. The Labute approximate surface area is 112 Å². The standard InChI is InChI=1S/C14H15BO4/c1-18-10-19-14-9-12(7-8-13(14)15(16)17)11-5-3-2-4-6-11/h2-9,16-17H,10H2,1H3. The first-order valence-electron chi connectivity index (χ1n) is 5.89. The Balaban J connectivity index is 2.37. The van der Waals surface area contributed by atoms with Crippen LogP contribution in [0.15, 0.2) is 48.5 Å².